The van der Waals surface area contributed by atoms with E-state index < -0.39 is 17.8 Å². The number of amides is 1. The molecule has 2 aromatic rings. The van der Waals surface area contributed by atoms with Crippen molar-refractivity contribution >= 4 is 29.1 Å². The van der Waals surface area contributed by atoms with Gasteiger partial charge < -0.3 is 5.32 Å². The molecule has 1 amide bonds. The van der Waals surface area contributed by atoms with Crippen LogP contribution in [0.5, 0.6) is 0 Å². The van der Waals surface area contributed by atoms with Crippen LogP contribution in [0.25, 0.3) is 0 Å². The van der Waals surface area contributed by atoms with Crippen LogP contribution < -0.4 is 5.32 Å². The first-order valence-corrected chi connectivity index (χ1v) is 6.68. The van der Waals surface area contributed by atoms with Crippen molar-refractivity contribution < 1.29 is 9.18 Å². The molecule has 0 aliphatic heterocycles. The number of benzene rings is 2. The van der Waals surface area contributed by atoms with Gasteiger partial charge in [-0.25, -0.2) is 4.39 Å². The van der Waals surface area contributed by atoms with E-state index in [0.29, 0.717) is 10.6 Å². The smallest absolute Gasteiger partial charge is 0.252 e. The van der Waals surface area contributed by atoms with E-state index >= 15 is 0 Å². The van der Waals surface area contributed by atoms with Gasteiger partial charge in [0.05, 0.1) is 16.1 Å². The molecule has 0 fully saturated rings. The number of halogens is 3. The number of hydrogen-bond donors (Lipinski definition) is 1. The van der Waals surface area contributed by atoms with Gasteiger partial charge in [0.1, 0.15) is 11.9 Å². The standard InChI is InChI=1S/C15H9Cl2FN2O/c16-12-6-3-10(7-13(12)17)15(21)20-14(8-19)9-1-4-11(18)5-2-9/h1-7,14H,(H,20,21)/t14-/m1/s1. The highest BCUT2D eigenvalue weighted by atomic mass is 35.5. The van der Waals surface area contributed by atoms with E-state index in [9.17, 15) is 9.18 Å². The van der Waals surface area contributed by atoms with Crippen molar-refractivity contribution in [1.29, 1.82) is 5.26 Å². The lowest BCUT2D eigenvalue weighted by molar-refractivity contribution is 0.0945. The molecule has 21 heavy (non-hydrogen) atoms. The normalized spacial score (nSPS) is 11.5. The van der Waals surface area contributed by atoms with E-state index in [-0.39, 0.29) is 10.6 Å². The Balaban J connectivity index is 2.18. The summed E-state index contributed by atoms with van der Waals surface area (Å²) in [5.41, 5.74) is 0.777. The van der Waals surface area contributed by atoms with Crippen LogP contribution in [0.2, 0.25) is 10.0 Å². The van der Waals surface area contributed by atoms with Gasteiger partial charge in [-0.15, -0.1) is 0 Å². The van der Waals surface area contributed by atoms with E-state index in [1.165, 1.54) is 42.5 Å². The van der Waals surface area contributed by atoms with E-state index in [2.05, 4.69) is 5.32 Å². The van der Waals surface area contributed by atoms with Crippen LogP contribution in [-0.4, -0.2) is 5.91 Å². The average molecular weight is 323 g/mol. The number of rotatable bonds is 3. The number of nitriles is 1. The first kappa shape index (κ1) is 15.3. The molecule has 0 bridgehead atoms. The van der Waals surface area contributed by atoms with Crippen LogP contribution in [0, 0.1) is 17.1 Å². The minimum Gasteiger partial charge on any atom is -0.332 e. The van der Waals surface area contributed by atoms with Crippen LogP contribution in [0.1, 0.15) is 22.0 Å². The third-order valence-corrected chi connectivity index (χ3v) is 3.53. The highest BCUT2D eigenvalue weighted by Gasteiger charge is 2.16. The lowest BCUT2D eigenvalue weighted by atomic mass is 10.1. The number of nitrogens with zero attached hydrogens (tertiary/aromatic N) is 1. The van der Waals surface area contributed by atoms with Crippen molar-refractivity contribution in [2.24, 2.45) is 0 Å². The van der Waals surface area contributed by atoms with Crippen LogP contribution in [-0.2, 0) is 0 Å². The summed E-state index contributed by atoms with van der Waals surface area (Å²) in [6, 6.07) is 10.8. The van der Waals surface area contributed by atoms with Crippen molar-refractivity contribution in [1.82, 2.24) is 5.32 Å². The second-order valence-electron chi connectivity index (χ2n) is 4.22. The van der Waals surface area contributed by atoms with Crippen molar-refractivity contribution in [3.63, 3.8) is 0 Å². The molecule has 1 atom stereocenters. The molecule has 6 heteroatoms. The molecular formula is C15H9Cl2FN2O. The fourth-order valence-corrected chi connectivity index (χ4v) is 2.00. The minimum absolute atomic E-state index is 0.250. The van der Waals surface area contributed by atoms with Gasteiger partial charge >= 0.3 is 0 Å². The topological polar surface area (TPSA) is 52.9 Å². The SMILES string of the molecule is N#C[C@@H](NC(=O)c1ccc(Cl)c(Cl)c1)c1ccc(F)cc1. The Morgan fingerprint density at radius 2 is 1.81 bits per heavy atom. The van der Waals surface area contributed by atoms with Gasteiger partial charge in [-0.1, -0.05) is 35.3 Å². The quantitative estimate of drug-likeness (QED) is 0.923. The van der Waals surface area contributed by atoms with Gasteiger partial charge in [-0.05, 0) is 35.9 Å². The summed E-state index contributed by atoms with van der Waals surface area (Å²) in [5.74, 6) is -0.879. The Bertz CT molecular complexity index is 711. The van der Waals surface area contributed by atoms with Gasteiger partial charge in [0, 0.05) is 5.56 Å². The maximum atomic E-state index is 12.9. The Labute approximate surface area is 130 Å². The summed E-state index contributed by atoms with van der Waals surface area (Å²) < 4.78 is 12.9. The zero-order valence-electron chi connectivity index (χ0n) is 10.6. The van der Waals surface area contributed by atoms with Gasteiger partial charge in [0.25, 0.3) is 5.91 Å². The molecule has 2 aromatic carbocycles. The summed E-state index contributed by atoms with van der Waals surface area (Å²) in [7, 11) is 0. The molecule has 0 saturated carbocycles. The molecule has 2 rings (SSSR count). The number of carbonyl (C=O) groups excluding carboxylic acids is 1. The lowest BCUT2D eigenvalue weighted by Crippen LogP contribution is -2.27. The maximum absolute atomic E-state index is 12.9. The van der Waals surface area contributed by atoms with Crippen molar-refractivity contribution in [3.8, 4) is 6.07 Å². The predicted molar refractivity (Wildman–Crippen MR) is 78.7 cm³/mol. The number of hydrogen-bond acceptors (Lipinski definition) is 2. The van der Waals surface area contributed by atoms with Gasteiger partial charge in [0.15, 0.2) is 0 Å². The molecular weight excluding hydrogens is 314 g/mol. The van der Waals surface area contributed by atoms with Gasteiger partial charge in [0.2, 0.25) is 0 Å². The Morgan fingerprint density at radius 3 is 2.38 bits per heavy atom. The predicted octanol–water partition coefficient (Wildman–Crippen LogP) is 4.13. The van der Waals surface area contributed by atoms with Crippen LogP contribution in [0.3, 0.4) is 0 Å². The third kappa shape index (κ3) is 3.72. The summed E-state index contributed by atoms with van der Waals surface area (Å²) in [6.07, 6.45) is 0. The van der Waals surface area contributed by atoms with E-state index in [1.807, 2.05) is 6.07 Å². The molecule has 0 aromatic heterocycles. The second kappa shape index (κ2) is 6.57. The van der Waals surface area contributed by atoms with Crippen molar-refractivity contribution in [2.45, 2.75) is 6.04 Å². The fraction of sp³-hybridized carbons (Fsp3) is 0.0667. The van der Waals surface area contributed by atoms with Crippen molar-refractivity contribution in [2.75, 3.05) is 0 Å². The molecule has 0 unspecified atom stereocenters. The van der Waals surface area contributed by atoms with E-state index in [1.54, 1.807) is 0 Å². The largest absolute Gasteiger partial charge is 0.332 e. The van der Waals surface area contributed by atoms with E-state index in [0.717, 1.165) is 0 Å². The summed E-state index contributed by atoms with van der Waals surface area (Å²) in [5, 5.41) is 12.3. The first-order chi connectivity index (χ1) is 10.0. The summed E-state index contributed by atoms with van der Waals surface area (Å²) in [4.78, 5) is 12.1. The molecule has 0 radical (unpaired) electrons. The Hall–Kier alpha value is -2.09. The summed E-state index contributed by atoms with van der Waals surface area (Å²) in [6.45, 7) is 0. The van der Waals surface area contributed by atoms with Crippen LogP contribution in [0.4, 0.5) is 4.39 Å². The molecule has 0 heterocycles. The zero-order chi connectivity index (χ0) is 15.4. The second-order valence-corrected chi connectivity index (χ2v) is 5.03. The molecule has 0 aliphatic rings. The first-order valence-electron chi connectivity index (χ1n) is 5.92. The fourth-order valence-electron chi connectivity index (χ4n) is 1.70. The van der Waals surface area contributed by atoms with Gasteiger partial charge in [-0.3, -0.25) is 4.79 Å². The highest BCUT2D eigenvalue weighted by Crippen LogP contribution is 2.23. The van der Waals surface area contributed by atoms with Crippen LogP contribution in [0.15, 0.2) is 42.5 Å². The lowest BCUT2D eigenvalue weighted by Gasteiger charge is -2.12. The summed E-state index contributed by atoms with van der Waals surface area (Å²) >= 11 is 11.6. The monoisotopic (exact) mass is 322 g/mol. The number of carbonyl (C=O) groups is 1. The molecule has 106 valence electrons. The molecule has 3 nitrogen and oxygen atoms in total. The Kier molecular flexibility index (Phi) is 4.79. The molecule has 1 N–H and O–H groups in total. The Morgan fingerprint density at radius 1 is 1.14 bits per heavy atom. The average Bonchev–Trinajstić information content (AvgIpc) is 2.48. The third-order valence-electron chi connectivity index (χ3n) is 2.79. The molecule has 0 aliphatic carbocycles. The number of nitrogens with one attached hydrogen (secondary N) is 1. The zero-order valence-corrected chi connectivity index (χ0v) is 12.1. The molecule has 0 saturated heterocycles. The van der Waals surface area contributed by atoms with E-state index in [4.69, 9.17) is 28.5 Å². The molecule has 0 spiro atoms. The van der Waals surface area contributed by atoms with Crippen LogP contribution >= 0.6 is 23.2 Å². The highest BCUT2D eigenvalue weighted by molar-refractivity contribution is 6.42. The van der Waals surface area contributed by atoms with Gasteiger partial charge in [-0.2, -0.15) is 5.26 Å². The van der Waals surface area contributed by atoms with Crippen molar-refractivity contribution in [3.05, 3.63) is 69.5 Å². The minimum atomic E-state index is -0.882. The maximum Gasteiger partial charge on any atom is 0.252 e.